The van der Waals surface area contributed by atoms with Gasteiger partial charge in [0.2, 0.25) is 10.0 Å². The fraction of sp³-hybridized carbons (Fsp3) is 0.357. The zero-order chi connectivity index (χ0) is 25.5. The maximum atomic E-state index is 13.1. The third-order valence-corrected chi connectivity index (χ3v) is 8.15. The topological polar surface area (TPSA) is 70.7 Å². The van der Waals surface area contributed by atoms with Gasteiger partial charge in [0.1, 0.15) is 11.6 Å². The van der Waals surface area contributed by atoms with Crippen molar-refractivity contribution in [3.05, 3.63) is 83.2 Å². The zero-order valence-corrected chi connectivity index (χ0v) is 21.7. The Morgan fingerprint density at radius 2 is 1.64 bits per heavy atom. The Morgan fingerprint density at radius 1 is 0.944 bits per heavy atom. The molecule has 1 saturated heterocycles. The lowest BCUT2D eigenvalue weighted by Gasteiger charge is -2.16. The number of hydrogen-bond acceptors (Lipinski definition) is 5. The van der Waals surface area contributed by atoms with E-state index in [9.17, 15) is 12.8 Å². The van der Waals surface area contributed by atoms with Gasteiger partial charge in [-0.25, -0.2) is 17.5 Å². The highest BCUT2D eigenvalue weighted by Gasteiger charge is 2.19. The van der Waals surface area contributed by atoms with Crippen LogP contribution in [0, 0.1) is 12.7 Å². The molecule has 3 aromatic carbocycles. The maximum absolute atomic E-state index is 13.1. The van der Waals surface area contributed by atoms with Crippen molar-refractivity contribution in [2.45, 2.75) is 37.8 Å². The summed E-state index contributed by atoms with van der Waals surface area (Å²) in [6.45, 7) is 6.29. The first-order valence-corrected chi connectivity index (χ1v) is 13.8. The Hall–Kier alpha value is -2.78. The highest BCUT2D eigenvalue weighted by atomic mass is 32.2. The Bertz CT molecular complexity index is 1270. The SMILES string of the molecule is COc1ccc(CNCc2ccc(F)cc2)cc1-c1ccc(S(=O)(=O)NCCN2CCCC2)c(C)c1. The smallest absolute Gasteiger partial charge is 0.240 e. The van der Waals surface area contributed by atoms with Gasteiger partial charge in [0, 0.05) is 31.7 Å². The van der Waals surface area contributed by atoms with Gasteiger partial charge in [-0.3, -0.25) is 0 Å². The van der Waals surface area contributed by atoms with Crippen LogP contribution in [0.1, 0.15) is 29.5 Å². The first-order valence-electron chi connectivity index (χ1n) is 12.3. The van der Waals surface area contributed by atoms with Gasteiger partial charge in [-0.2, -0.15) is 0 Å². The standard InChI is InChI=1S/C28H34FN3O3S/c1-21-17-24(8-12-28(21)36(33,34)31-13-16-32-14-3-4-15-32)26-18-23(7-11-27(26)35-2)20-30-19-22-5-9-25(29)10-6-22/h5-12,17-18,30-31H,3-4,13-16,19-20H2,1-2H3. The predicted molar refractivity (Wildman–Crippen MR) is 141 cm³/mol. The van der Waals surface area contributed by atoms with Crippen LogP contribution in [0.4, 0.5) is 4.39 Å². The molecule has 0 radical (unpaired) electrons. The summed E-state index contributed by atoms with van der Waals surface area (Å²) < 4.78 is 47.3. The van der Waals surface area contributed by atoms with Crippen molar-refractivity contribution in [1.82, 2.24) is 14.9 Å². The van der Waals surface area contributed by atoms with Crippen molar-refractivity contribution in [3.63, 3.8) is 0 Å². The van der Waals surface area contributed by atoms with Crippen LogP contribution in [0.25, 0.3) is 11.1 Å². The van der Waals surface area contributed by atoms with Crippen LogP contribution in [-0.2, 0) is 23.1 Å². The number of methoxy groups -OCH3 is 1. The summed E-state index contributed by atoms with van der Waals surface area (Å²) in [6, 6.07) is 17.8. The largest absolute Gasteiger partial charge is 0.496 e. The van der Waals surface area contributed by atoms with Crippen LogP contribution in [0.3, 0.4) is 0 Å². The third-order valence-electron chi connectivity index (χ3n) is 6.53. The number of ether oxygens (including phenoxy) is 1. The molecule has 1 fully saturated rings. The maximum Gasteiger partial charge on any atom is 0.240 e. The lowest BCUT2D eigenvalue weighted by molar-refractivity contribution is 0.344. The minimum Gasteiger partial charge on any atom is -0.496 e. The molecule has 0 aromatic heterocycles. The fourth-order valence-corrected chi connectivity index (χ4v) is 5.83. The summed E-state index contributed by atoms with van der Waals surface area (Å²) in [5.74, 6) is 0.474. The van der Waals surface area contributed by atoms with E-state index in [1.807, 2.05) is 37.3 Å². The number of halogens is 1. The summed E-state index contributed by atoms with van der Waals surface area (Å²) in [4.78, 5) is 2.58. The molecule has 4 rings (SSSR count). The minimum absolute atomic E-state index is 0.245. The van der Waals surface area contributed by atoms with Crippen LogP contribution >= 0.6 is 0 Å². The van der Waals surface area contributed by atoms with Crippen LogP contribution < -0.4 is 14.8 Å². The van der Waals surface area contributed by atoms with Gasteiger partial charge in [0.05, 0.1) is 12.0 Å². The molecule has 1 aliphatic rings. The normalized spacial score (nSPS) is 14.3. The molecule has 36 heavy (non-hydrogen) atoms. The molecule has 0 spiro atoms. The summed E-state index contributed by atoms with van der Waals surface area (Å²) in [5, 5.41) is 3.38. The van der Waals surface area contributed by atoms with Gasteiger partial charge in [-0.15, -0.1) is 0 Å². The van der Waals surface area contributed by atoms with Crippen LogP contribution in [-0.4, -0.2) is 46.6 Å². The van der Waals surface area contributed by atoms with Crippen LogP contribution in [0.15, 0.2) is 65.6 Å². The molecule has 8 heteroatoms. The average molecular weight is 512 g/mol. The Kier molecular flexibility index (Phi) is 8.74. The first kappa shape index (κ1) is 26.3. The molecule has 0 saturated carbocycles. The molecule has 192 valence electrons. The molecular formula is C28H34FN3O3S. The molecule has 3 aromatic rings. The Balaban J connectivity index is 1.45. The van der Waals surface area contributed by atoms with E-state index in [2.05, 4.69) is 14.9 Å². The summed E-state index contributed by atoms with van der Waals surface area (Å²) >= 11 is 0. The molecule has 0 amide bonds. The van der Waals surface area contributed by atoms with Crippen molar-refractivity contribution >= 4 is 10.0 Å². The van der Waals surface area contributed by atoms with Gasteiger partial charge < -0.3 is 15.0 Å². The van der Waals surface area contributed by atoms with E-state index in [1.165, 1.54) is 25.0 Å². The van der Waals surface area contributed by atoms with E-state index in [0.717, 1.165) is 47.6 Å². The molecule has 2 N–H and O–H groups in total. The molecule has 0 bridgehead atoms. The highest BCUT2D eigenvalue weighted by Crippen LogP contribution is 2.33. The molecule has 6 nitrogen and oxygen atoms in total. The second-order valence-corrected chi connectivity index (χ2v) is 10.9. The lowest BCUT2D eigenvalue weighted by atomic mass is 10.00. The van der Waals surface area contributed by atoms with E-state index in [-0.39, 0.29) is 5.82 Å². The second-order valence-electron chi connectivity index (χ2n) is 9.19. The lowest BCUT2D eigenvalue weighted by Crippen LogP contribution is -2.33. The predicted octanol–water partition coefficient (Wildman–Crippen LogP) is 4.47. The first-order chi connectivity index (χ1) is 17.4. The van der Waals surface area contributed by atoms with E-state index >= 15 is 0 Å². The van der Waals surface area contributed by atoms with Crippen molar-refractivity contribution < 1.29 is 17.5 Å². The number of benzene rings is 3. The molecule has 1 heterocycles. The van der Waals surface area contributed by atoms with Crippen molar-refractivity contribution in [3.8, 4) is 16.9 Å². The van der Waals surface area contributed by atoms with Crippen molar-refractivity contribution in [2.75, 3.05) is 33.3 Å². The van der Waals surface area contributed by atoms with Gasteiger partial charge >= 0.3 is 0 Å². The van der Waals surface area contributed by atoms with E-state index in [4.69, 9.17) is 4.74 Å². The van der Waals surface area contributed by atoms with E-state index in [1.54, 1.807) is 25.3 Å². The summed E-state index contributed by atoms with van der Waals surface area (Å²) in [7, 11) is -1.96. The van der Waals surface area contributed by atoms with Crippen LogP contribution in [0.5, 0.6) is 5.75 Å². The zero-order valence-electron chi connectivity index (χ0n) is 20.9. The number of rotatable bonds is 11. The molecule has 0 aliphatic carbocycles. The van der Waals surface area contributed by atoms with Gasteiger partial charge in [0.15, 0.2) is 0 Å². The van der Waals surface area contributed by atoms with E-state index in [0.29, 0.717) is 30.1 Å². The number of nitrogens with one attached hydrogen (secondary N) is 2. The number of nitrogens with zero attached hydrogens (tertiary/aromatic N) is 1. The minimum atomic E-state index is -3.59. The van der Waals surface area contributed by atoms with Crippen molar-refractivity contribution in [2.24, 2.45) is 0 Å². The van der Waals surface area contributed by atoms with Crippen molar-refractivity contribution in [1.29, 1.82) is 0 Å². The van der Waals surface area contributed by atoms with Gasteiger partial charge in [-0.05, 0) is 91.5 Å². The Labute approximate surface area is 213 Å². The molecule has 1 aliphatic heterocycles. The average Bonchev–Trinajstić information content (AvgIpc) is 3.38. The molecular weight excluding hydrogens is 477 g/mol. The number of likely N-dealkylation sites (tertiary alicyclic amines) is 1. The Morgan fingerprint density at radius 3 is 2.33 bits per heavy atom. The summed E-state index contributed by atoms with van der Waals surface area (Å²) in [5.41, 5.74) is 4.54. The van der Waals surface area contributed by atoms with Gasteiger partial charge in [0.25, 0.3) is 0 Å². The van der Waals surface area contributed by atoms with Gasteiger partial charge in [-0.1, -0.05) is 24.3 Å². The monoisotopic (exact) mass is 511 g/mol. The fourth-order valence-electron chi connectivity index (χ4n) is 4.58. The third kappa shape index (κ3) is 6.70. The number of hydrogen-bond donors (Lipinski definition) is 2. The second kappa shape index (κ2) is 12.0. The van der Waals surface area contributed by atoms with E-state index < -0.39 is 10.0 Å². The number of aryl methyl sites for hydroxylation is 1. The molecule has 0 atom stereocenters. The molecule has 0 unspecified atom stereocenters. The number of sulfonamides is 1. The summed E-state index contributed by atoms with van der Waals surface area (Å²) in [6.07, 6.45) is 2.37. The van der Waals surface area contributed by atoms with Crippen LogP contribution in [0.2, 0.25) is 0 Å². The highest BCUT2D eigenvalue weighted by molar-refractivity contribution is 7.89. The quantitative estimate of drug-likeness (QED) is 0.397.